The number of aromatic nitrogens is 3. The van der Waals surface area contributed by atoms with Gasteiger partial charge in [0.05, 0.1) is 18.4 Å². The lowest BCUT2D eigenvalue weighted by atomic mass is 10.1. The van der Waals surface area contributed by atoms with Crippen molar-refractivity contribution in [3.8, 4) is 5.69 Å². The van der Waals surface area contributed by atoms with Gasteiger partial charge < -0.3 is 9.80 Å². The summed E-state index contributed by atoms with van der Waals surface area (Å²) in [7, 11) is 0. The van der Waals surface area contributed by atoms with Crippen LogP contribution in [0.25, 0.3) is 5.69 Å². The first-order chi connectivity index (χ1) is 12.6. The van der Waals surface area contributed by atoms with E-state index in [1.54, 1.807) is 23.2 Å². The third-order valence-corrected chi connectivity index (χ3v) is 5.09. The van der Waals surface area contributed by atoms with Crippen molar-refractivity contribution >= 4 is 11.8 Å². The zero-order valence-electron chi connectivity index (χ0n) is 14.3. The summed E-state index contributed by atoms with van der Waals surface area (Å²) in [5, 5.41) is 8.08. The molecule has 8 heteroatoms. The van der Waals surface area contributed by atoms with Crippen LogP contribution in [0.4, 0.5) is 4.39 Å². The summed E-state index contributed by atoms with van der Waals surface area (Å²) in [6, 6.07) is 6.11. The molecule has 0 unspecified atom stereocenters. The molecule has 1 aliphatic carbocycles. The van der Waals surface area contributed by atoms with Crippen LogP contribution in [-0.2, 0) is 16.1 Å². The molecule has 0 bridgehead atoms. The van der Waals surface area contributed by atoms with E-state index < -0.39 is 11.8 Å². The SMILES string of the molecule is O=C1C(=O)N(C2CCCC2)CCN1Cc1cn(-c2ccc(F)cc2)nn1. The van der Waals surface area contributed by atoms with Crippen LogP contribution in [0.15, 0.2) is 30.5 Å². The topological polar surface area (TPSA) is 71.3 Å². The van der Waals surface area contributed by atoms with Crippen molar-refractivity contribution < 1.29 is 14.0 Å². The predicted molar refractivity (Wildman–Crippen MR) is 90.7 cm³/mol. The molecule has 26 heavy (non-hydrogen) atoms. The Balaban J connectivity index is 1.42. The molecule has 1 aromatic heterocycles. The highest BCUT2D eigenvalue weighted by molar-refractivity contribution is 6.35. The minimum absolute atomic E-state index is 0.216. The maximum atomic E-state index is 13.0. The lowest BCUT2D eigenvalue weighted by Crippen LogP contribution is -2.56. The van der Waals surface area contributed by atoms with Crippen molar-refractivity contribution in [3.05, 3.63) is 42.0 Å². The number of piperazine rings is 1. The van der Waals surface area contributed by atoms with E-state index in [-0.39, 0.29) is 18.4 Å². The van der Waals surface area contributed by atoms with Crippen molar-refractivity contribution in [1.82, 2.24) is 24.8 Å². The van der Waals surface area contributed by atoms with Gasteiger partial charge in [0.1, 0.15) is 11.5 Å². The van der Waals surface area contributed by atoms with Crippen LogP contribution in [0.3, 0.4) is 0 Å². The molecule has 1 aromatic carbocycles. The summed E-state index contributed by atoms with van der Waals surface area (Å²) >= 11 is 0. The second kappa shape index (κ2) is 6.86. The summed E-state index contributed by atoms with van der Waals surface area (Å²) in [5.41, 5.74) is 1.27. The molecule has 2 fully saturated rings. The third kappa shape index (κ3) is 3.18. The van der Waals surface area contributed by atoms with Gasteiger partial charge in [0.25, 0.3) is 0 Å². The molecule has 1 saturated carbocycles. The van der Waals surface area contributed by atoms with E-state index in [0.717, 1.165) is 25.7 Å². The molecule has 7 nitrogen and oxygen atoms in total. The van der Waals surface area contributed by atoms with E-state index in [1.807, 2.05) is 0 Å². The average molecular weight is 357 g/mol. The molecule has 1 saturated heterocycles. The van der Waals surface area contributed by atoms with Crippen LogP contribution in [0, 0.1) is 5.82 Å². The van der Waals surface area contributed by atoms with Crippen molar-refractivity contribution in [3.63, 3.8) is 0 Å². The predicted octanol–water partition coefficient (Wildman–Crippen LogP) is 1.52. The first kappa shape index (κ1) is 16.7. The summed E-state index contributed by atoms with van der Waals surface area (Å²) in [4.78, 5) is 28.1. The van der Waals surface area contributed by atoms with Crippen LogP contribution in [-0.4, -0.2) is 55.7 Å². The van der Waals surface area contributed by atoms with Crippen molar-refractivity contribution in [2.45, 2.75) is 38.3 Å². The molecule has 0 atom stereocenters. The summed E-state index contributed by atoms with van der Waals surface area (Å²) < 4.78 is 14.5. The third-order valence-electron chi connectivity index (χ3n) is 5.09. The highest BCUT2D eigenvalue weighted by Crippen LogP contribution is 2.25. The Morgan fingerprint density at radius 1 is 1.04 bits per heavy atom. The maximum Gasteiger partial charge on any atom is 0.312 e. The fraction of sp³-hybridized carbons (Fsp3) is 0.444. The maximum absolute atomic E-state index is 13.0. The lowest BCUT2D eigenvalue weighted by molar-refractivity contribution is -0.158. The molecule has 4 rings (SSSR count). The van der Waals surface area contributed by atoms with Gasteiger partial charge in [-0.2, -0.15) is 0 Å². The Hall–Kier alpha value is -2.77. The fourth-order valence-corrected chi connectivity index (χ4v) is 3.69. The second-order valence-corrected chi connectivity index (χ2v) is 6.79. The molecule has 0 N–H and O–H groups in total. The van der Waals surface area contributed by atoms with E-state index in [4.69, 9.17) is 0 Å². The monoisotopic (exact) mass is 357 g/mol. The quantitative estimate of drug-likeness (QED) is 0.778. The zero-order chi connectivity index (χ0) is 18.1. The van der Waals surface area contributed by atoms with Gasteiger partial charge in [-0.1, -0.05) is 18.1 Å². The number of nitrogens with zero attached hydrogens (tertiary/aromatic N) is 5. The summed E-state index contributed by atoms with van der Waals surface area (Å²) in [6.07, 6.45) is 5.92. The van der Waals surface area contributed by atoms with Crippen molar-refractivity contribution in [2.75, 3.05) is 13.1 Å². The van der Waals surface area contributed by atoms with Crippen LogP contribution in [0.5, 0.6) is 0 Å². The Bertz CT molecular complexity index is 813. The number of benzene rings is 1. The Morgan fingerprint density at radius 3 is 2.50 bits per heavy atom. The normalized spacial score (nSPS) is 18.8. The fourth-order valence-electron chi connectivity index (χ4n) is 3.69. The first-order valence-electron chi connectivity index (χ1n) is 8.89. The van der Waals surface area contributed by atoms with Crippen molar-refractivity contribution in [1.29, 1.82) is 0 Å². The number of carbonyl (C=O) groups is 2. The number of halogens is 1. The molecular formula is C18H20FN5O2. The number of rotatable bonds is 4. The van der Waals surface area contributed by atoms with Crippen molar-refractivity contribution in [2.24, 2.45) is 0 Å². The molecule has 0 spiro atoms. The number of hydrogen-bond acceptors (Lipinski definition) is 4. The number of carbonyl (C=O) groups excluding carboxylic acids is 2. The summed E-state index contributed by atoms with van der Waals surface area (Å²) in [5.74, 6) is -1.20. The van der Waals surface area contributed by atoms with E-state index in [1.165, 1.54) is 21.7 Å². The lowest BCUT2D eigenvalue weighted by Gasteiger charge is -2.36. The Morgan fingerprint density at radius 2 is 1.77 bits per heavy atom. The van der Waals surface area contributed by atoms with Crippen LogP contribution < -0.4 is 0 Å². The zero-order valence-corrected chi connectivity index (χ0v) is 14.3. The van der Waals surface area contributed by atoms with E-state index >= 15 is 0 Å². The molecule has 2 aromatic rings. The second-order valence-electron chi connectivity index (χ2n) is 6.79. The van der Waals surface area contributed by atoms with E-state index in [9.17, 15) is 14.0 Å². The highest BCUT2D eigenvalue weighted by atomic mass is 19.1. The largest absolute Gasteiger partial charge is 0.330 e. The van der Waals surface area contributed by atoms with Gasteiger partial charge in [-0.15, -0.1) is 5.10 Å². The average Bonchev–Trinajstić information content (AvgIpc) is 3.32. The highest BCUT2D eigenvalue weighted by Gasteiger charge is 2.37. The van der Waals surface area contributed by atoms with Gasteiger partial charge in [0.2, 0.25) is 0 Å². The van der Waals surface area contributed by atoms with Gasteiger partial charge in [-0.05, 0) is 37.1 Å². The molecule has 2 heterocycles. The van der Waals surface area contributed by atoms with Gasteiger partial charge in [0, 0.05) is 19.1 Å². The standard InChI is InChI=1S/C18H20FN5O2/c19-13-5-7-16(8-6-13)24-12-14(20-21-24)11-22-9-10-23(18(26)17(22)25)15-3-1-2-4-15/h5-8,12,15H,1-4,9-11H2. The van der Waals surface area contributed by atoms with E-state index in [0.29, 0.717) is 24.5 Å². The minimum Gasteiger partial charge on any atom is -0.330 e. The van der Waals surface area contributed by atoms with E-state index in [2.05, 4.69) is 10.3 Å². The number of amides is 2. The van der Waals surface area contributed by atoms with Gasteiger partial charge in [-0.25, -0.2) is 9.07 Å². The molecule has 0 radical (unpaired) electrons. The van der Waals surface area contributed by atoms with Crippen LogP contribution in [0.1, 0.15) is 31.4 Å². The van der Waals surface area contributed by atoms with Gasteiger partial charge >= 0.3 is 11.8 Å². The number of hydrogen-bond donors (Lipinski definition) is 0. The molecule has 1 aliphatic heterocycles. The molecule has 136 valence electrons. The van der Waals surface area contributed by atoms with Gasteiger partial charge in [0.15, 0.2) is 0 Å². The molecule has 2 aliphatic rings. The molecule has 2 amide bonds. The Labute approximate surface area is 150 Å². The Kier molecular flexibility index (Phi) is 4.40. The minimum atomic E-state index is -0.473. The first-order valence-corrected chi connectivity index (χ1v) is 8.89. The molecular weight excluding hydrogens is 337 g/mol. The smallest absolute Gasteiger partial charge is 0.312 e. The van der Waals surface area contributed by atoms with Crippen LogP contribution in [0.2, 0.25) is 0 Å². The van der Waals surface area contributed by atoms with Gasteiger partial charge in [-0.3, -0.25) is 9.59 Å². The summed E-state index contributed by atoms with van der Waals surface area (Å²) in [6.45, 7) is 1.32. The van der Waals surface area contributed by atoms with Crippen LogP contribution >= 0.6 is 0 Å².